The van der Waals surface area contributed by atoms with Gasteiger partial charge < -0.3 is 9.67 Å². The zero-order valence-electron chi connectivity index (χ0n) is 13.7. The number of carboxylic acids is 1. The Morgan fingerprint density at radius 3 is 2.95 bits per heavy atom. The quantitative estimate of drug-likeness (QED) is 0.927. The van der Waals surface area contributed by atoms with Crippen molar-refractivity contribution in [3.8, 4) is 0 Å². The van der Waals surface area contributed by atoms with Gasteiger partial charge in [-0.3, -0.25) is 9.69 Å². The van der Waals surface area contributed by atoms with Crippen molar-refractivity contribution in [2.75, 3.05) is 6.54 Å². The molecule has 5 heteroatoms. The van der Waals surface area contributed by atoms with E-state index in [0.29, 0.717) is 25.0 Å². The summed E-state index contributed by atoms with van der Waals surface area (Å²) in [5.74, 6) is 0.134. The molecule has 2 aliphatic heterocycles. The van der Waals surface area contributed by atoms with Gasteiger partial charge in [-0.05, 0) is 39.7 Å². The van der Waals surface area contributed by atoms with Crippen molar-refractivity contribution in [3.05, 3.63) is 17.7 Å². The Balaban J connectivity index is 1.70. The fraction of sp³-hybridized carbons (Fsp3) is 0.765. The van der Waals surface area contributed by atoms with Crippen molar-refractivity contribution in [1.29, 1.82) is 0 Å². The van der Waals surface area contributed by atoms with Gasteiger partial charge in [-0.2, -0.15) is 0 Å². The first-order valence-electron chi connectivity index (χ1n) is 8.58. The molecule has 122 valence electrons. The van der Waals surface area contributed by atoms with E-state index in [1.807, 2.05) is 0 Å². The van der Waals surface area contributed by atoms with Crippen molar-refractivity contribution in [3.63, 3.8) is 0 Å². The van der Waals surface area contributed by atoms with Gasteiger partial charge in [-0.15, -0.1) is 0 Å². The molecule has 0 spiro atoms. The van der Waals surface area contributed by atoms with E-state index in [1.54, 1.807) is 0 Å². The predicted octanol–water partition coefficient (Wildman–Crippen LogP) is 2.34. The molecule has 2 atom stereocenters. The minimum absolute atomic E-state index is 0.253. The van der Waals surface area contributed by atoms with E-state index in [2.05, 4.69) is 29.5 Å². The summed E-state index contributed by atoms with van der Waals surface area (Å²) in [6.07, 6.45) is 8.45. The van der Waals surface area contributed by atoms with Crippen molar-refractivity contribution in [2.24, 2.45) is 5.92 Å². The maximum absolute atomic E-state index is 11.2. The van der Waals surface area contributed by atoms with Gasteiger partial charge in [0, 0.05) is 37.7 Å². The number of likely N-dealkylation sites (tertiary alicyclic amines) is 1. The molecule has 0 radical (unpaired) electrons. The Labute approximate surface area is 132 Å². The summed E-state index contributed by atoms with van der Waals surface area (Å²) in [7, 11) is 0. The highest BCUT2D eigenvalue weighted by molar-refractivity contribution is 5.70. The predicted molar refractivity (Wildman–Crippen MR) is 84.9 cm³/mol. The molecule has 1 aromatic heterocycles. The number of aromatic nitrogens is 2. The molecule has 0 saturated carbocycles. The molecular formula is C17H27N3O2. The molecule has 0 amide bonds. The van der Waals surface area contributed by atoms with E-state index >= 15 is 0 Å². The van der Waals surface area contributed by atoms with Crippen LogP contribution in [0.25, 0.3) is 0 Å². The Kier molecular flexibility index (Phi) is 4.52. The second-order valence-electron chi connectivity index (χ2n) is 7.06. The van der Waals surface area contributed by atoms with Crippen LogP contribution in [0.1, 0.15) is 51.0 Å². The number of aliphatic carboxylic acids is 1. The zero-order valence-corrected chi connectivity index (χ0v) is 13.7. The third-order valence-electron chi connectivity index (χ3n) is 5.17. The van der Waals surface area contributed by atoms with Crippen molar-refractivity contribution in [2.45, 2.75) is 71.0 Å². The van der Waals surface area contributed by atoms with Crippen LogP contribution in [0.3, 0.4) is 0 Å². The molecule has 0 aliphatic carbocycles. The topological polar surface area (TPSA) is 58.4 Å². The van der Waals surface area contributed by atoms with E-state index in [9.17, 15) is 9.90 Å². The Bertz CT molecular complexity index is 538. The van der Waals surface area contributed by atoms with Gasteiger partial charge in [0.05, 0.1) is 11.6 Å². The standard InChI is InChI=1S/C17H27N3O2/c1-12(2)20-8-4-3-5-15(20)9-14-11-19-10-13(17(21)22)6-7-16(19)18-14/h11-13,15H,3-10H2,1-2H3,(H,21,22). The van der Waals surface area contributed by atoms with E-state index in [0.717, 1.165) is 24.4 Å². The molecule has 2 unspecified atom stereocenters. The number of hydrogen-bond acceptors (Lipinski definition) is 3. The summed E-state index contributed by atoms with van der Waals surface area (Å²) >= 11 is 0. The average Bonchev–Trinajstić information content (AvgIpc) is 2.88. The molecular weight excluding hydrogens is 278 g/mol. The highest BCUT2D eigenvalue weighted by Crippen LogP contribution is 2.25. The van der Waals surface area contributed by atoms with E-state index in [4.69, 9.17) is 4.98 Å². The number of imidazole rings is 1. The summed E-state index contributed by atoms with van der Waals surface area (Å²) in [5, 5.41) is 9.19. The van der Waals surface area contributed by atoms with Gasteiger partial charge >= 0.3 is 5.97 Å². The largest absolute Gasteiger partial charge is 0.481 e. The lowest BCUT2D eigenvalue weighted by molar-refractivity contribution is -0.142. The van der Waals surface area contributed by atoms with Crippen LogP contribution in [0.5, 0.6) is 0 Å². The fourth-order valence-corrected chi connectivity index (χ4v) is 3.97. The number of nitrogens with zero attached hydrogens (tertiary/aromatic N) is 3. The van der Waals surface area contributed by atoms with Crippen LogP contribution in [0, 0.1) is 5.92 Å². The van der Waals surface area contributed by atoms with Crippen LogP contribution >= 0.6 is 0 Å². The summed E-state index contributed by atoms with van der Waals surface area (Å²) in [5.41, 5.74) is 1.14. The van der Waals surface area contributed by atoms with Gasteiger partial charge in [0.1, 0.15) is 5.82 Å². The first kappa shape index (κ1) is 15.5. The third kappa shape index (κ3) is 3.19. The maximum atomic E-state index is 11.2. The summed E-state index contributed by atoms with van der Waals surface area (Å²) < 4.78 is 2.07. The first-order chi connectivity index (χ1) is 10.5. The highest BCUT2D eigenvalue weighted by atomic mass is 16.4. The molecule has 5 nitrogen and oxygen atoms in total. The Hall–Kier alpha value is -1.36. The highest BCUT2D eigenvalue weighted by Gasteiger charge is 2.28. The number of aryl methyl sites for hydroxylation is 1. The van der Waals surface area contributed by atoms with Gasteiger partial charge in [0.25, 0.3) is 0 Å². The SMILES string of the molecule is CC(C)N1CCCCC1Cc1cn2c(n1)CCC(C(=O)O)C2. The molecule has 3 heterocycles. The van der Waals surface area contributed by atoms with Crippen LogP contribution in [0.4, 0.5) is 0 Å². The van der Waals surface area contributed by atoms with Gasteiger partial charge in [-0.25, -0.2) is 4.98 Å². The molecule has 1 fully saturated rings. The van der Waals surface area contributed by atoms with Crippen molar-refractivity contribution >= 4 is 5.97 Å². The van der Waals surface area contributed by atoms with Gasteiger partial charge in [0.2, 0.25) is 0 Å². The van der Waals surface area contributed by atoms with Crippen LogP contribution in [-0.4, -0.2) is 44.2 Å². The van der Waals surface area contributed by atoms with Crippen LogP contribution in [0.2, 0.25) is 0 Å². The number of fused-ring (bicyclic) bond motifs is 1. The summed E-state index contributed by atoms with van der Waals surface area (Å²) in [6.45, 7) is 6.31. The smallest absolute Gasteiger partial charge is 0.308 e. The number of carbonyl (C=O) groups is 1. The normalized spacial score (nSPS) is 26.1. The lowest BCUT2D eigenvalue weighted by atomic mass is 9.97. The second-order valence-corrected chi connectivity index (χ2v) is 7.06. The number of rotatable bonds is 4. The molecule has 1 aromatic rings. The molecule has 0 bridgehead atoms. The van der Waals surface area contributed by atoms with Gasteiger partial charge in [-0.1, -0.05) is 6.42 Å². The van der Waals surface area contributed by atoms with Crippen LogP contribution in [-0.2, 0) is 24.2 Å². The zero-order chi connectivity index (χ0) is 15.7. The molecule has 0 aromatic carbocycles. The number of hydrogen-bond donors (Lipinski definition) is 1. The van der Waals surface area contributed by atoms with E-state index in [1.165, 1.54) is 25.8 Å². The molecule has 1 N–H and O–H groups in total. The summed E-state index contributed by atoms with van der Waals surface area (Å²) in [4.78, 5) is 18.5. The molecule has 22 heavy (non-hydrogen) atoms. The van der Waals surface area contributed by atoms with Crippen molar-refractivity contribution < 1.29 is 9.90 Å². The average molecular weight is 305 g/mol. The fourth-order valence-electron chi connectivity index (χ4n) is 3.97. The first-order valence-corrected chi connectivity index (χ1v) is 8.58. The monoisotopic (exact) mass is 305 g/mol. The van der Waals surface area contributed by atoms with Crippen molar-refractivity contribution in [1.82, 2.24) is 14.5 Å². The Morgan fingerprint density at radius 2 is 2.23 bits per heavy atom. The summed E-state index contributed by atoms with van der Waals surface area (Å²) in [6, 6.07) is 1.17. The van der Waals surface area contributed by atoms with Gasteiger partial charge in [0.15, 0.2) is 0 Å². The molecule has 2 aliphatic rings. The van der Waals surface area contributed by atoms with E-state index < -0.39 is 5.97 Å². The second kappa shape index (κ2) is 6.41. The van der Waals surface area contributed by atoms with Crippen LogP contribution < -0.4 is 0 Å². The molecule has 3 rings (SSSR count). The Morgan fingerprint density at radius 1 is 1.41 bits per heavy atom. The number of carboxylic acid groups (broad SMARTS) is 1. The maximum Gasteiger partial charge on any atom is 0.308 e. The lowest BCUT2D eigenvalue weighted by Crippen LogP contribution is -2.45. The third-order valence-corrected chi connectivity index (χ3v) is 5.17. The minimum atomic E-state index is -0.681. The van der Waals surface area contributed by atoms with Crippen LogP contribution in [0.15, 0.2) is 6.20 Å². The van der Waals surface area contributed by atoms with E-state index in [-0.39, 0.29) is 5.92 Å². The minimum Gasteiger partial charge on any atom is -0.481 e. The molecule has 1 saturated heterocycles. The lowest BCUT2D eigenvalue weighted by Gasteiger charge is -2.38. The number of piperidine rings is 1.